The molecule has 2 aromatic carbocycles. The molecule has 0 radical (unpaired) electrons. The highest BCUT2D eigenvalue weighted by molar-refractivity contribution is 6.30. The van der Waals surface area contributed by atoms with Crippen LogP contribution in [0.4, 0.5) is 11.8 Å². The molecule has 1 atom stereocenters. The molecule has 1 aromatic heterocycles. The van der Waals surface area contributed by atoms with Crippen LogP contribution in [0.2, 0.25) is 5.02 Å². The van der Waals surface area contributed by atoms with Crippen molar-refractivity contribution in [2.75, 3.05) is 18.1 Å². The quantitative estimate of drug-likeness (QED) is 0.678. The molecule has 1 heterocycles. The van der Waals surface area contributed by atoms with Gasteiger partial charge < -0.3 is 21.3 Å². The van der Waals surface area contributed by atoms with E-state index >= 15 is 0 Å². The molecule has 0 aliphatic rings. The third-order valence-corrected chi connectivity index (χ3v) is 3.66. The summed E-state index contributed by atoms with van der Waals surface area (Å²) in [6.07, 6.45) is -0.560. The van der Waals surface area contributed by atoms with Gasteiger partial charge in [0, 0.05) is 5.02 Å². The molecule has 23 heavy (non-hydrogen) atoms. The number of hydrogen-bond donors (Lipinski definition) is 3. The molecule has 118 valence electrons. The lowest BCUT2D eigenvalue weighted by molar-refractivity contribution is 0.118. The van der Waals surface area contributed by atoms with Crippen LogP contribution in [0.3, 0.4) is 0 Å². The first-order valence-electron chi connectivity index (χ1n) is 6.93. The maximum absolute atomic E-state index is 9.66. The van der Waals surface area contributed by atoms with Crippen molar-refractivity contribution in [1.29, 1.82) is 0 Å². The molecular weight excluding hydrogens is 316 g/mol. The summed E-state index contributed by atoms with van der Waals surface area (Å²) in [5.74, 6) is 0.813. The summed E-state index contributed by atoms with van der Waals surface area (Å²) < 4.78 is 5.93. The molecule has 0 saturated heterocycles. The van der Waals surface area contributed by atoms with Crippen LogP contribution in [-0.4, -0.2) is 21.7 Å². The second-order valence-corrected chi connectivity index (χ2v) is 5.39. The Balaban J connectivity index is 2.01. The molecule has 7 heteroatoms. The summed E-state index contributed by atoms with van der Waals surface area (Å²) in [5.41, 5.74) is 12.9. The monoisotopic (exact) mass is 330 g/mol. The average molecular weight is 331 g/mol. The lowest BCUT2D eigenvalue weighted by atomic mass is 10.1. The maximum Gasteiger partial charge on any atom is 0.222 e. The number of aromatic nitrogens is 2. The molecule has 5 N–H and O–H groups in total. The van der Waals surface area contributed by atoms with Gasteiger partial charge in [-0.2, -0.15) is 4.98 Å². The van der Waals surface area contributed by atoms with E-state index in [4.69, 9.17) is 27.8 Å². The van der Waals surface area contributed by atoms with E-state index in [0.29, 0.717) is 21.7 Å². The first-order valence-corrected chi connectivity index (χ1v) is 7.31. The van der Waals surface area contributed by atoms with Gasteiger partial charge in [-0.3, -0.25) is 0 Å². The number of nitrogen functional groups attached to an aromatic ring is 2. The van der Waals surface area contributed by atoms with Gasteiger partial charge in [0.15, 0.2) is 0 Å². The summed E-state index contributed by atoms with van der Waals surface area (Å²) in [4.78, 5) is 8.11. The van der Waals surface area contributed by atoms with Crippen molar-refractivity contribution in [3.8, 4) is 5.75 Å². The van der Waals surface area contributed by atoms with E-state index in [1.165, 1.54) is 0 Å². The third kappa shape index (κ3) is 3.13. The predicted octanol–water partition coefficient (Wildman–Crippen LogP) is 2.56. The molecule has 0 bridgehead atoms. The smallest absolute Gasteiger partial charge is 0.222 e. The summed E-state index contributed by atoms with van der Waals surface area (Å²) in [5, 5.41) is 10.8. The zero-order valence-corrected chi connectivity index (χ0v) is 12.9. The fourth-order valence-corrected chi connectivity index (χ4v) is 2.46. The summed E-state index contributed by atoms with van der Waals surface area (Å²) >= 11 is 5.89. The van der Waals surface area contributed by atoms with Gasteiger partial charge in [0.05, 0.1) is 17.5 Å². The number of ether oxygens (including phenoxy) is 1. The van der Waals surface area contributed by atoms with Crippen molar-refractivity contribution in [2.24, 2.45) is 0 Å². The highest BCUT2D eigenvalue weighted by Crippen LogP contribution is 2.32. The molecule has 3 rings (SSSR count). The van der Waals surface area contributed by atoms with Gasteiger partial charge in [-0.15, -0.1) is 0 Å². The van der Waals surface area contributed by atoms with Crippen molar-refractivity contribution < 1.29 is 9.84 Å². The average Bonchev–Trinajstić information content (AvgIpc) is 2.53. The summed E-state index contributed by atoms with van der Waals surface area (Å²) in [7, 11) is 0. The number of aliphatic hydroxyl groups is 1. The fourth-order valence-electron chi connectivity index (χ4n) is 2.34. The lowest BCUT2D eigenvalue weighted by Gasteiger charge is -2.19. The number of halogens is 1. The Hall–Kier alpha value is -2.57. The minimum Gasteiger partial charge on any atom is -0.482 e. The second kappa shape index (κ2) is 6.28. The number of hydrogen-bond acceptors (Lipinski definition) is 6. The Labute approximate surface area is 137 Å². The third-order valence-electron chi connectivity index (χ3n) is 3.41. The van der Waals surface area contributed by atoms with E-state index in [1.807, 2.05) is 0 Å². The Morgan fingerprint density at radius 2 is 1.83 bits per heavy atom. The number of fused-ring (bicyclic) bond motifs is 1. The van der Waals surface area contributed by atoms with Crippen LogP contribution in [0.15, 0.2) is 42.5 Å². The minimum absolute atomic E-state index is 0.101. The highest BCUT2D eigenvalue weighted by atomic mass is 35.5. The van der Waals surface area contributed by atoms with Crippen molar-refractivity contribution in [3.63, 3.8) is 0 Å². The van der Waals surface area contributed by atoms with E-state index in [1.54, 1.807) is 42.5 Å². The first kappa shape index (κ1) is 15.3. The van der Waals surface area contributed by atoms with Gasteiger partial charge in [-0.25, -0.2) is 4.98 Å². The molecule has 1 unspecified atom stereocenters. The second-order valence-electron chi connectivity index (χ2n) is 4.96. The van der Waals surface area contributed by atoms with Crippen LogP contribution in [-0.2, 0) is 0 Å². The van der Waals surface area contributed by atoms with Gasteiger partial charge in [0.25, 0.3) is 0 Å². The first-order chi connectivity index (χ1) is 11.1. The molecule has 0 amide bonds. The molecule has 0 spiro atoms. The van der Waals surface area contributed by atoms with Crippen LogP contribution in [0, 0.1) is 0 Å². The van der Waals surface area contributed by atoms with Crippen LogP contribution in [0.5, 0.6) is 5.75 Å². The van der Waals surface area contributed by atoms with Crippen LogP contribution >= 0.6 is 11.6 Å². The van der Waals surface area contributed by atoms with E-state index in [2.05, 4.69) is 9.97 Å². The Morgan fingerprint density at radius 1 is 1.09 bits per heavy atom. The number of aliphatic hydroxyl groups excluding tert-OH is 1. The molecule has 0 saturated carbocycles. The number of rotatable bonds is 4. The van der Waals surface area contributed by atoms with Crippen molar-refractivity contribution in [3.05, 3.63) is 53.1 Å². The molecular formula is C16H15ClN4O2. The van der Waals surface area contributed by atoms with Crippen molar-refractivity contribution in [2.45, 2.75) is 6.10 Å². The van der Waals surface area contributed by atoms with Crippen LogP contribution < -0.4 is 16.2 Å². The Bertz CT molecular complexity index is 839. The predicted molar refractivity (Wildman–Crippen MR) is 90.3 cm³/mol. The van der Waals surface area contributed by atoms with E-state index in [0.717, 1.165) is 5.56 Å². The lowest BCUT2D eigenvalue weighted by Crippen LogP contribution is -2.12. The Kier molecular flexibility index (Phi) is 4.18. The van der Waals surface area contributed by atoms with Crippen LogP contribution in [0.1, 0.15) is 11.7 Å². The molecule has 0 aliphatic heterocycles. The van der Waals surface area contributed by atoms with Crippen molar-refractivity contribution in [1.82, 2.24) is 9.97 Å². The zero-order valence-electron chi connectivity index (χ0n) is 12.1. The van der Waals surface area contributed by atoms with Crippen molar-refractivity contribution >= 4 is 34.3 Å². The highest BCUT2D eigenvalue weighted by Gasteiger charge is 2.16. The maximum atomic E-state index is 9.66. The molecule has 0 aliphatic carbocycles. The normalized spacial score (nSPS) is 12.3. The minimum atomic E-state index is -0.560. The standard InChI is InChI=1S/C16H15ClN4O2/c17-10-6-4-9(5-7-10)13(8-22)23-12-3-1-2-11-14(12)15(18)21-16(19)20-11/h1-7,13,22H,8H2,(H4,18,19,20,21). The van der Waals surface area contributed by atoms with Crippen LogP contribution in [0.25, 0.3) is 10.9 Å². The largest absolute Gasteiger partial charge is 0.482 e. The van der Waals surface area contributed by atoms with E-state index in [-0.39, 0.29) is 18.4 Å². The van der Waals surface area contributed by atoms with E-state index < -0.39 is 6.10 Å². The van der Waals surface area contributed by atoms with Gasteiger partial charge in [0.1, 0.15) is 17.7 Å². The number of nitrogens with two attached hydrogens (primary N) is 2. The topological polar surface area (TPSA) is 107 Å². The molecule has 6 nitrogen and oxygen atoms in total. The number of anilines is 2. The zero-order chi connectivity index (χ0) is 16.4. The SMILES string of the molecule is Nc1nc(N)c2c(OC(CO)c3ccc(Cl)cc3)cccc2n1. The van der Waals surface area contributed by atoms with Gasteiger partial charge >= 0.3 is 0 Å². The number of benzene rings is 2. The number of nitrogens with zero attached hydrogens (tertiary/aromatic N) is 2. The Morgan fingerprint density at radius 3 is 2.52 bits per heavy atom. The summed E-state index contributed by atoms with van der Waals surface area (Å²) in [6, 6.07) is 12.4. The molecule has 3 aromatic rings. The fraction of sp³-hybridized carbons (Fsp3) is 0.125. The molecule has 0 fully saturated rings. The summed E-state index contributed by atoms with van der Waals surface area (Å²) in [6.45, 7) is -0.201. The van der Waals surface area contributed by atoms with Gasteiger partial charge in [0.2, 0.25) is 5.95 Å². The van der Waals surface area contributed by atoms with Gasteiger partial charge in [-0.1, -0.05) is 29.8 Å². The van der Waals surface area contributed by atoms with Gasteiger partial charge in [-0.05, 0) is 29.8 Å². The van der Waals surface area contributed by atoms with E-state index in [9.17, 15) is 5.11 Å².